The van der Waals surface area contributed by atoms with Gasteiger partial charge in [-0.25, -0.2) is 4.98 Å². The lowest BCUT2D eigenvalue weighted by Crippen LogP contribution is -2.48. The highest BCUT2D eigenvalue weighted by molar-refractivity contribution is 5.94. The molecule has 1 heterocycles. The summed E-state index contributed by atoms with van der Waals surface area (Å²) in [4.78, 5) is 31.8. The molecule has 0 saturated heterocycles. The van der Waals surface area contributed by atoms with Crippen molar-refractivity contribution in [1.29, 1.82) is 0 Å². The van der Waals surface area contributed by atoms with Crippen molar-refractivity contribution in [2.24, 2.45) is 0 Å². The van der Waals surface area contributed by atoms with Crippen LogP contribution in [-0.2, 0) is 4.79 Å². The zero-order valence-corrected chi connectivity index (χ0v) is 10.0. The summed E-state index contributed by atoms with van der Waals surface area (Å²) in [7, 11) is 0. The van der Waals surface area contributed by atoms with Crippen LogP contribution in [0.2, 0.25) is 0 Å². The fourth-order valence-corrected chi connectivity index (χ4v) is 1.30. The molecular weight excluding hydrogens is 222 g/mol. The van der Waals surface area contributed by atoms with Crippen LogP contribution in [0.1, 0.15) is 31.3 Å². The van der Waals surface area contributed by atoms with Crippen molar-refractivity contribution < 1.29 is 14.7 Å². The van der Waals surface area contributed by atoms with Gasteiger partial charge in [-0.15, -0.1) is 0 Å². The van der Waals surface area contributed by atoms with Crippen LogP contribution in [0.25, 0.3) is 0 Å². The maximum absolute atomic E-state index is 12.1. The molecule has 0 atom stereocenters. The number of carboxylic acid groups (broad SMARTS) is 1. The lowest BCUT2D eigenvalue weighted by Gasteiger charge is -2.34. The predicted octanol–water partition coefficient (Wildman–Crippen LogP) is 0.802. The molecule has 0 fully saturated rings. The van der Waals surface area contributed by atoms with Gasteiger partial charge < -0.3 is 10.0 Å². The van der Waals surface area contributed by atoms with Crippen LogP contribution in [0.4, 0.5) is 0 Å². The largest absolute Gasteiger partial charge is 0.480 e. The van der Waals surface area contributed by atoms with Gasteiger partial charge in [0.05, 0.1) is 6.20 Å². The minimum Gasteiger partial charge on any atom is -0.480 e. The van der Waals surface area contributed by atoms with E-state index >= 15 is 0 Å². The van der Waals surface area contributed by atoms with Crippen molar-refractivity contribution in [3.05, 3.63) is 24.3 Å². The highest BCUT2D eigenvalue weighted by Crippen LogP contribution is 2.15. The van der Waals surface area contributed by atoms with Gasteiger partial charge in [-0.05, 0) is 20.8 Å². The number of rotatable bonds is 3. The van der Waals surface area contributed by atoms with Gasteiger partial charge in [-0.3, -0.25) is 14.6 Å². The van der Waals surface area contributed by atoms with Crippen LogP contribution in [0.5, 0.6) is 0 Å². The Balaban J connectivity index is 3.00. The molecule has 0 bridgehead atoms. The summed E-state index contributed by atoms with van der Waals surface area (Å²) in [5, 5.41) is 8.81. The van der Waals surface area contributed by atoms with Crippen molar-refractivity contribution in [3.63, 3.8) is 0 Å². The molecule has 0 aliphatic rings. The Morgan fingerprint density at radius 3 is 2.41 bits per heavy atom. The second kappa shape index (κ2) is 4.90. The molecule has 0 spiro atoms. The first-order valence-corrected chi connectivity index (χ1v) is 5.12. The van der Waals surface area contributed by atoms with Crippen molar-refractivity contribution in [2.45, 2.75) is 26.3 Å². The lowest BCUT2D eigenvalue weighted by atomic mass is 10.1. The van der Waals surface area contributed by atoms with Crippen molar-refractivity contribution >= 4 is 11.9 Å². The summed E-state index contributed by atoms with van der Waals surface area (Å²) in [6.45, 7) is 4.94. The molecule has 0 saturated carbocycles. The standard InChI is InChI=1S/C11H15N3O3/c1-11(2,3)14(7-9(15)16)10(17)8-6-12-4-5-13-8/h4-6H,7H2,1-3H3,(H,15,16). The number of carboxylic acids is 1. The third kappa shape index (κ3) is 3.51. The molecule has 17 heavy (non-hydrogen) atoms. The fourth-order valence-electron chi connectivity index (χ4n) is 1.30. The van der Waals surface area contributed by atoms with E-state index in [4.69, 9.17) is 5.11 Å². The minimum absolute atomic E-state index is 0.142. The van der Waals surface area contributed by atoms with Crippen molar-refractivity contribution in [2.75, 3.05) is 6.54 Å². The zero-order chi connectivity index (χ0) is 13.1. The van der Waals surface area contributed by atoms with Crippen molar-refractivity contribution in [1.82, 2.24) is 14.9 Å². The number of amides is 1. The van der Waals surface area contributed by atoms with Crippen LogP contribution in [0.3, 0.4) is 0 Å². The first-order valence-electron chi connectivity index (χ1n) is 5.12. The van der Waals surface area contributed by atoms with E-state index < -0.39 is 17.4 Å². The van der Waals surface area contributed by atoms with E-state index in [0.717, 1.165) is 0 Å². The normalized spacial score (nSPS) is 11.0. The lowest BCUT2D eigenvalue weighted by molar-refractivity contribution is -0.138. The molecule has 6 heteroatoms. The molecule has 92 valence electrons. The zero-order valence-electron chi connectivity index (χ0n) is 10.0. The van der Waals surface area contributed by atoms with Gasteiger partial charge in [0.2, 0.25) is 0 Å². The highest BCUT2D eigenvalue weighted by Gasteiger charge is 2.29. The molecule has 1 aromatic heterocycles. The van der Waals surface area contributed by atoms with Crippen LogP contribution < -0.4 is 0 Å². The summed E-state index contributed by atoms with van der Waals surface area (Å²) < 4.78 is 0. The summed E-state index contributed by atoms with van der Waals surface area (Å²) in [6.07, 6.45) is 4.17. The van der Waals surface area contributed by atoms with Crippen LogP contribution >= 0.6 is 0 Å². The number of aromatic nitrogens is 2. The number of carbonyl (C=O) groups is 2. The van der Waals surface area contributed by atoms with Crippen molar-refractivity contribution in [3.8, 4) is 0 Å². The van der Waals surface area contributed by atoms with Gasteiger partial charge in [0.1, 0.15) is 12.2 Å². The Bertz CT molecular complexity index is 412. The first kappa shape index (κ1) is 13.1. The molecule has 1 amide bonds. The van der Waals surface area contributed by atoms with E-state index in [1.54, 1.807) is 20.8 Å². The SMILES string of the molecule is CC(C)(C)N(CC(=O)O)C(=O)c1cnccn1. The second-order valence-electron chi connectivity index (χ2n) is 4.55. The molecule has 0 radical (unpaired) electrons. The number of nitrogens with zero attached hydrogens (tertiary/aromatic N) is 3. The minimum atomic E-state index is -1.06. The molecule has 0 aliphatic heterocycles. The number of carbonyl (C=O) groups excluding carboxylic acids is 1. The van der Waals surface area contributed by atoms with E-state index in [2.05, 4.69) is 9.97 Å². The molecule has 0 aliphatic carbocycles. The topological polar surface area (TPSA) is 83.4 Å². The molecule has 1 rings (SSSR count). The van der Waals surface area contributed by atoms with Gasteiger partial charge in [0, 0.05) is 17.9 Å². The number of hydrogen-bond donors (Lipinski definition) is 1. The molecule has 6 nitrogen and oxygen atoms in total. The smallest absolute Gasteiger partial charge is 0.323 e. The second-order valence-corrected chi connectivity index (χ2v) is 4.55. The van der Waals surface area contributed by atoms with Crippen LogP contribution in [-0.4, -0.2) is 43.9 Å². The Morgan fingerprint density at radius 2 is 2.00 bits per heavy atom. The highest BCUT2D eigenvalue weighted by atomic mass is 16.4. The molecule has 1 aromatic rings. The first-order chi connectivity index (χ1) is 7.82. The van der Waals surface area contributed by atoms with Gasteiger partial charge in [-0.2, -0.15) is 0 Å². The predicted molar refractivity (Wildman–Crippen MR) is 60.5 cm³/mol. The molecule has 1 N–H and O–H groups in total. The average Bonchev–Trinajstić information content (AvgIpc) is 2.24. The Morgan fingerprint density at radius 1 is 1.35 bits per heavy atom. The number of aliphatic carboxylic acids is 1. The molecule has 0 unspecified atom stereocenters. The maximum atomic E-state index is 12.1. The van der Waals surface area contributed by atoms with E-state index in [1.165, 1.54) is 23.5 Å². The third-order valence-electron chi connectivity index (χ3n) is 2.13. The quantitative estimate of drug-likeness (QED) is 0.840. The monoisotopic (exact) mass is 237 g/mol. The van der Waals surface area contributed by atoms with E-state index in [9.17, 15) is 9.59 Å². The van der Waals surface area contributed by atoms with Gasteiger partial charge in [-0.1, -0.05) is 0 Å². The summed E-state index contributed by atoms with van der Waals surface area (Å²) >= 11 is 0. The molecular formula is C11H15N3O3. The number of hydrogen-bond acceptors (Lipinski definition) is 4. The maximum Gasteiger partial charge on any atom is 0.323 e. The third-order valence-corrected chi connectivity index (χ3v) is 2.13. The van der Waals surface area contributed by atoms with Crippen LogP contribution in [0.15, 0.2) is 18.6 Å². The Hall–Kier alpha value is -1.98. The summed E-state index contributed by atoms with van der Waals surface area (Å²) in [6, 6.07) is 0. The summed E-state index contributed by atoms with van der Waals surface area (Å²) in [5.74, 6) is -1.50. The van der Waals surface area contributed by atoms with E-state index in [-0.39, 0.29) is 12.2 Å². The average molecular weight is 237 g/mol. The van der Waals surface area contributed by atoms with E-state index in [1.807, 2.05) is 0 Å². The van der Waals surface area contributed by atoms with Gasteiger partial charge in [0.15, 0.2) is 0 Å². The Labute approximate surface area is 99.3 Å². The van der Waals surface area contributed by atoms with E-state index in [0.29, 0.717) is 0 Å². The van der Waals surface area contributed by atoms with Gasteiger partial charge >= 0.3 is 5.97 Å². The van der Waals surface area contributed by atoms with Crippen LogP contribution in [0, 0.1) is 0 Å². The fraction of sp³-hybridized carbons (Fsp3) is 0.455. The summed E-state index contributed by atoms with van der Waals surface area (Å²) in [5.41, 5.74) is -0.448. The van der Waals surface area contributed by atoms with Gasteiger partial charge in [0.25, 0.3) is 5.91 Å². The molecule has 0 aromatic carbocycles. The Kier molecular flexibility index (Phi) is 3.77.